The number of carbonyl (C=O) groups is 4. The van der Waals surface area contributed by atoms with Crippen LogP contribution in [0.25, 0.3) is 0 Å². The number of anilines is 2. The van der Waals surface area contributed by atoms with E-state index in [9.17, 15) is 19.2 Å². The molecule has 0 fully saturated rings. The number of amides is 2. The predicted molar refractivity (Wildman–Crippen MR) is 201 cm³/mol. The highest BCUT2D eigenvalue weighted by Crippen LogP contribution is 2.17. The molecule has 0 bridgehead atoms. The molecule has 3 aromatic carbocycles. The number of rotatable bonds is 24. The van der Waals surface area contributed by atoms with Gasteiger partial charge in [-0.3, -0.25) is 9.59 Å². The van der Waals surface area contributed by atoms with Gasteiger partial charge in [-0.05, 0) is 85.6 Å². The summed E-state index contributed by atoms with van der Waals surface area (Å²) in [5, 5.41) is 5.66. The summed E-state index contributed by atoms with van der Waals surface area (Å²) in [6.07, 6.45) is 18.8. The number of unbranched alkanes of at least 4 members (excludes halogenated alkanes) is 14. The van der Waals surface area contributed by atoms with Crippen LogP contribution in [0.4, 0.5) is 11.4 Å². The first-order valence-electron chi connectivity index (χ1n) is 18.7. The summed E-state index contributed by atoms with van der Waals surface area (Å²) in [6.45, 7) is 5.22. The van der Waals surface area contributed by atoms with Crippen LogP contribution < -0.4 is 10.6 Å². The van der Waals surface area contributed by atoms with Gasteiger partial charge in [-0.2, -0.15) is 0 Å². The van der Waals surface area contributed by atoms with Crippen molar-refractivity contribution in [3.05, 3.63) is 95.1 Å². The van der Waals surface area contributed by atoms with E-state index >= 15 is 0 Å². The topological polar surface area (TPSA) is 111 Å². The van der Waals surface area contributed by atoms with Gasteiger partial charge in [-0.1, -0.05) is 104 Å². The van der Waals surface area contributed by atoms with Gasteiger partial charge in [0, 0.05) is 22.5 Å². The first-order chi connectivity index (χ1) is 24.4. The van der Waals surface area contributed by atoms with E-state index in [1.807, 2.05) is 0 Å². The standard InChI is InChI=1S/C42H56N2O6/c1-3-5-7-9-11-13-15-17-31-49-41(47)35-23-19-33(20-24-35)39(45)43-37-27-29-38(30-28-37)44-40(46)34-21-25-36(26-22-34)42(48)50-32-18-16-14-12-10-8-6-4-2/h19-30H,3-18,31-32H2,1-2H3,(H,43,45)(H,44,46). The van der Waals surface area contributed by atoms with Gasteiger partial charge in [0.2, 0.25) is 0 Å². The largest absolute Gasteiger partial charge is 0.462 e. The van der Waals surface area contributed by atoms with Gasteiger partial charge in [-0.25, -0.2) is 9.59 Å². The third kappa shape index (κ3) is 15.4. The van der Waals surface area contributed by atoms with Crippen molar-refractivity contribution in [2.45, 2.75) is 117 Å². The fraction of sp³-hybridized carbons (Fsp3) is 0.476. The van der Waals surface area contributed by atoms with Gasteiger partial charge >= 0.3 is 11.9 Å². The van der Waals surface area contributed by atoms with Crippen LogP contribution in [0, 0.1) is 0 Å². The van der Waals surface area contributed by atoms with Crippen molar-refractivity contribution < 1.29 is 28.7 Å². The molecule has 3 aromatic rings. The summed E-state index contributed by atoms with van der Waals surface area (Å²) in [6, 6.07) is 19.5. The zero-order valence-electron chi connectivity index (χ0n) is 30.1. The molecule has 2 amide bonds. The average molecular weight is 685 g/mol. The maximum absolute atomic E-state index is 12.8. The van der Waals surface area contributed by atoms with E-state index < -0.39 is 0 Å². The lowest BCUT2D eigenvalue weighted by atomic mass is 10.1. The van der Waals surface area contributed by atoms with Crippen molar-refractivity contribution in [1.29, 1.82) is 0 Å². The summed E-state index contributed by atoms with van der Waals surface area (Å²) in [4.78, 5) is 50.3. The SMILES string of the molecule is CCCCCCCCCCOC(=O)c1ccc(C(=O)Nc2ccc(NC(=O)c3ccc(C(=O)OCCCCCCCCCC)cc3)cc2)cc1. The van der Waals surface area contributed by atoms with Crippen molar-refractivity contribution >= 4 is 35.1 Å². The van der Waals surface area contributed by atoms with E-state index in [-0.39, 0.29) is 23.8 Å². The average Bonchev–Trinajstić information content (AvgIpc) is 3.14. The molecule has 270 valence electrons. The molecular formula is C42H56N2O6. The van der Waals surface area contributed by atoms with Crippen molar-refractivity contribution in [1.82, 2.24) is 0 Å². The van der Waals surface area contributed by atoms with Crippen LogP contribution in [0.1, 0.15) is 158 Å². The maximum Gasteiger partial charge on any atom is 0.338 e. The second kappa shape index (κ2) is 23.8. The molecule has 0 saturated carbocycles. The lowest BCUT2D eigenvalue weighted by molar-refractivity contribution is 0.0488. The van der Waals surface area contributed by atoms with Gasteiger partial charge in [-0.15, -0.1) is 0 Å². The fourth-order valence-electron chi connectivity index (χ4n) is 5.53. The van der Waals surface area contributed by atoms with Gasteiger partial charge < -0.3 is 20.1 Å². The van der Waals surface area contributed by atoms with E-state index in [2.05, 4.69) is 24.5 Å². The van der Waals surface area contributed by atoms with E-state index in [1.54, 1.807) is 72.8 Å². The Morgan fingerprint density at radius 1 is 0.400 bits per heavy atom. The van der Waals surface area contributed by atoms with E-state index in [1.165, 1.54) is 64.2 Å². The monoisotopic (exact) mass is 684 g/mol. The molecule has 0 atom stereocenters. The third-order valence-electron chi connectivity index (χ3n) is 8.63. The molecule has 0 aromatic heterocycles. The molecule has 50 heavy (non-hydrogen) atoms. The Morgan fingerprint density at radius 3 is 1.00 bits per heavy atom. The number of nitrogens with one attached hydrogen (secondary N) is 2. The van der Waals surface area contributed by atoms with Crippen molar-refractivity contribution in [2.24, 2.45) is 0 Å². The van der Waals surface area contributed by atoms with Crippen LogP contribution in [-0.2, 0) is 9.47 Å². The normalized spacial score (nSPS) is 10.8. The Labute approximate surface area is 298 Å². The Balaban J connectivity index is 1.35. The van der Waals surface area contributed by atoms with Gasteiger partial charge in [0.05, 0.1) is 24.3 Å². The van der Waals surface area contributed by atoms with E-state index in [0.29, 0.717) is 46.8 Å². The molecule has 0 saturated heterocycles. The molecule has 0 spiro atoms. The van der Waals surface area contributed by atoms with Gasteiger partial charge in [0.25, 0.3) is 11.8 Å². The third-order valence-corrected chi connectivity index (χ3v) is 8.63. The molecular weight excluding hydrogens is 628 g/mol. The lowest BCUT2D eigenvalue weighted by Crippen LogP contribution is -2.14. The quantitative estimate of drug-likeness (QED) is 0.0717. The van der Waals surface area contributed by atoms with E-state index in [4.69, 9.17) is 9.47 Å². The second-order valence-corrected chi connectivity index (χ2v) is 12.9. The molecule has 8 heteroatoms. The highest BCUT2D eigenvalue weighted by atomic mass is 16.5. The van der Waals surface area contributed by atoms with Gasteiger partial charge in [0.15, 0.2) is 0 Å². The molecule has 0 aliphatic rings. The van der Waals surface area contributed by atoms with Crippen molar-refractivity contribution in [2.75, 3.05) is 23.8 Å². The Bertz CT molecular complexity index is 1320. The van der Waals surface area contributed by atoms with Crippen LogP contribution in [0.2, 0.25) is 0 Å². The molecule has 0 unspecified atom stereocenters. The Morgan fingerprint density at radius 2 is 0.680 bits per heavy atom. The van der Waals surface area contributed by atoms with Crippen LogP contribution in [0.3, 0.4) is 0 Å². The number of carbonyl (C=O) groups excluding carboxylic acids is 4. The predicted octanol–water partition coefficient (Wildman–Crippen LogP) is 10.8. The lowest BCUT2D eigenvalue weighted by Gasteiger charge is -2.09. The minimum absolute atomic E-state index is 0.322. The molecule has 0 aliphatic heterocycles. The minimum atomic E-state index is -0.389. The van der Waals surface area contributed by atoms with Crippen LogP contribution in [-0.4, -0.2) is 37.0 Å². The Hall–Kier alpha value is -4.46. The van der Waals surface area contributed by atoms with Crippen LogP contribution in [0.5, 0.6) is 0 Å². The molecule has 8 nitrogen and oxygen atoms in total. The maximum atomic E-state index is 12.8. The zero-order valence-corrected chi connectivity index (χ0v) is 30.1. The summed E-state index contributed by atoms with van der Waals surface area (Å²) in [5.41, 5.74) is 2.73. The summed E-state index contributed by atoms with van der Waals surface area (Å²) >= 11 is 0. The minimum Gasteiger partial charge on any atom is -0.462 e. The van der Waals surface area contributed by atoms with Crippen LogP contribution >= 0.6 is 0 Å². The highest BCUT2D eigenvalue weighted by Gasteiger charge is 2.13. The Kier molecular flexibility index (Phi) is 19.0. The van der Waals surface area contributed by atoms with E-state index in [0.717, 1.165) is 38.5 Å². The molecule has 0 heterocycles. The smallest absolute Gasteiger partial charge is 0.338 e. The first kappa shape index (κ1) is 40.0. The number of ether oxygens (including phenoxy) is 2. The molecule has 0 aliphatic carbocycles. The molecule has 3 rings (SSSR count). The zero-order chi connectivity index (χ0) is 35.8. The fourth-order valence-corrected chi connectivity index (χ4v) is 5.53. The molecule has 2 N–H and O–H groups in total. The number of hydrogen-bond donors (Lipinski definition) is 2. The van der Waals surface area contributed by atoms with Gasteiger partial charge in [0.1, 0.15) is 0 Å². The second-order valence-electron chi connectivity index (χ2n) is 12.9. The summed E-state index contributed by atoms with van der Waals surface area (Å²) in [7, 11) is 0. The number of benzene rings is 3. The first-order valence-corrected chi connectivity index (χ1v) is 18.7. The summed E-state index contributed by atoms with van der Waals surface area (Å²) < 4.78 is 10.8. The number of hydrogen-bond acceptors (Lipinski definition) is 6. The molecule has 0 radical (unpaired) electrons. The number of esters is 2. The summed E-state index contributed by atoms with van der Waals surface area (Å²) in [5.74, 6) is -1.42. The van der Waals surface area contributed by atoms with Crippen molar-refractivity contribution in [3.8, 4) is 0 Å². The highest BCUT2D eigenvalue weighted by molar-refractivity contribution is 6.06. The van der Waals surface area contributed by atoms with Crippen molar-refractivity contribution in [3.63, 3.8) is 0 Å². The van der Waals surface area contributed by atoms with Crippen LogP contribution in [0.15, 0.2) is 72.8 Å².